The number of hydrogen-bond donors (Lipinski definition) is 12. The lowest BCUT2D eigenvalue weighted by Gasteiger charge is -2.28. The number of phosphoric ester groups is 2. The van der Waals surface area contributed by atoms with Crippen molar-refractivity contribution in [2.45, 2.75) is 73.4 Å². The first kappa shape index (κ1) is 55.9. The third-order valence-corrected chi connectivity index (χ3v) is 17.4. The van der Waals surface area contributed by atoms with Gasteiger partial charge in [0.05, 0.1) is 39.5 Å². The Morgan fingerprint density at radius 2 is 1.32 bits per heavy atom. The smallest absolute Gasteiger partial charge is 0.387 e. The number of imidazole rings is 3. The molecule has 15 N–H and O–H groups in total. The van der Waals surface area contributed by atoms with Gasteiger partial charge in [-0.3, -0.25) is 42.3 Å². The van der Waals surface area contributed by atoms with Crippen molar-refractivity contribution >= 4 is 93.2 Å². The third kappa shape index (κ3) is 10.8. The maximum atomic E-state index is 15.4. The molecule has 3 aliphatic rings. The zero-order valence-corrected chi connectivity index (χ0v) is 42.6. The van der Waals surface area contributed by atoms with Crippen LogP contribution in [-0.2, 0) is 78.2 Å². The van der Waals surface area contributed by atoms with Gasteiger partial charge in [0.1, 0.15) is 54.6 Å². The number of rotatable bonds is 19. The van der Waals surface area contributed by atoms with E-state index in [0.29, 0.717) is 4.57 Å². The molecule has 15 atom stereocenters. The number of nitrogens with zero attached hydrogens (tertiary/aromatic N) is 10. The molecule has 416 valence electrons. The first-order valence-electron chi connectivity index (χ1n) is 21.2. The van der Waals surface area contributed by atoms with Crippen LogP contribution in [0.5, 0.6) is 0 Å². The van der Waals surface area contributed by atoms with Crippen LogP contribution in [0.2, 0.25) is 0 Å². The van der Waals surface area contributed by atoms with Gasteiger partial charge in [-0.15, -0.1) is 0 Å². The van der Waals surface area contributed by atoms with E-state index in [1.54, 1.807) is 0 Å². The maximum Gasteiger partial charge on any atom is 0.490 e. The largest absolute Gasteiger partial charge is 0.490 e. The molecule has 37 nitrogen and oxygen atoms in total. The van der Waals surface area contributed by atoms with Gasteiger partial charge in [-0.2, -0.15) is 31.9 Å². The van der Waals surface area contributed by atoms with E-state index in [1.807, 2.05) is 0 Å². The van der Waals surface area contributed by atoms with E-state index >= 15 is 8.78 Å². The second-order valence-electron chi connectivity index (χ2n) is 16.6. The Morgan fingerprint density at radius 3 is 1.97 bits per heavy atom. The molecule has 76 heavy (non-hydrogen) atoms. The number of phosphoric acid groups is 3. The summed E-state index contributed by atoms with van der Waals surface area (Å²) in [7, 11) is -15.9. The number of nitrogens with two attached hydrogens (primary N) is 3. The number of nitrogens with one attached hydrogen (secondary N) is 2. The average molecular weight is 1180 g/mol. The van der Waals surface area contributed by atoms with Crippen LogP contribution in [0.15, 0.2) is 34.9 Å². The molecule has 6 aromatic heterocycles. The standard InChI is InChI=1S/C32H41F2N15O22P4S/c1-46-9-49(24-15(46)26(54)45-31(37)43-24)29-32(33,34)20(52)12(68-29)5-64-73(57,58)71-74(59,60)70-72(55,56)63-4-11-18(19(62-2)28(67-11)47-7-40-13-21(35)38-6-39-22(13)47)69-75(61,76)65-3-10-16(50)17(51)27(66-10)48-8-41-14-23(48)42-30(36)44-25(14)53/h6-12,16-20,27-29,50-52H,3-5H2,1-2H3,(H11-,35,36,37,38,39,42,43,44,45,53,54,55,56,57,58,59,60,61,76)/p+1. The van der Waals surface area contributed by atoms with Crippen molar-refractivity contribution < 1.29 is 108 Å². The molecule has 0 amide bonds. The van der Waals surface area contributed by atoms with Gasteiger partial charge in [0, 0.05) is 7.11 Å². The first-order valence-corrected chi connectivity index (χ1v) is 28.3. The Kier molecular flexibility index (Phi) is 15.0. The SMILES string of the molecule is COC1C(OP(O)(=S)OCC2OC(n3cnc4c(=O)[nH]c(N)nc43)C(O)C2O)C(COP(=O)(O)OP(=O)(O)OP(=O)(O)OCC2OC(n3c[n+](C)c4c(=O)[nH]c(N)nc43)C(F)(F)C2O)OC1n1cnc2c(N)ncnc21. The summed E-state index contributed by atoms with van der Waals surface area (Å²) in [5, 5.41) is 32.3. The number of aliphatic hydroxyl groups excluding tert-OH is 3. The van der Waals surface area contributed by atoms with Crippen LogP contribution >= 0.6 is 30.2 Å². The minimum atomic E-state index is -6.28. The number of nitrogen functional groups attached to an aromatic ring is 3. The molecule has 15 unspecified atom stereocenters. The van der Waals surface area contributed by atoms with Crippen molar-refractivity contribution in [1.82, 2.24) is 53.6 Å². The van der Waals surface area contributed by atoms with Gasteiger partial charge in [0.2, 0.25) is 18.2 Å². The van der Waals surface area contributed by atoms with Crippen molar-refractivity contribution in [3.8, 4) is 0 Å². The molecule has 0 spiro atoms. The van der Waals surface area contributed by atoms with E-state index in [4.69, 9.17) is 61.5 Å². The van der Waals surface area contributed by atoms with Gasteiger partial charge in [-0.1, -0.05) is 0 Å². The van der Waals surface area contributed by atoms with Crippen LogP contribution in [0, 0.1) is 0 Å². The van der Waals surface area contributed by atoms with E-state index < -0.39 is 146 Å². The van der Waals surface area contributed by atoms with E-state index in [0.717, 1.165) is 35.2 Å². The highest BCUT2D eigenvalue weighted by molar-refractivity contribution is 8.07. The predicted octanol–water partition coefficient (Wildman–Crippen LogP) is -3.32. The zero-order valence-electron chi connectivity index (χ0n) is 38.2. The van der Waals surface area contributed by atoms with Gasteiger partial charge < -0.3 is 75.6 Å². The van der Waals surface area contributed by atoms with Gasteiger partial charge in [0.25, 0.3) is 23.0 Å². The fraction of sp³-hybridized carbons (Fsp3) is 0.531. The molecule has 0 aromatic carbocycles. The Bertz CT molecular complexity index is 3540. The van der Waals surface area contributed by atoms with Gasteiger partial charge >= 0.3 is 41.7 Å². The van der Waals surface area contributed by atoms with Crippen LogP contribution in [0.25, 0.3) is 33.5 Å². The van der Waals surface area contributed by atoms with E-state index in [-0.39, 0.29) is 39.6 Å². The molecule has 6 aromatic rings. The number of aryl methyl sites for hydroxylation is 1. The second-order valence-corrected chi connectivity index (χ2v) is 24.0. The summed E-state index contributed by atoms with van der Waals surface area (Å²) in [6, 6.07) is 0. The van der Waals surface area contributed by atoms with Crippen LogP contribution in [0.3, 0.4) is 0 Å². The van der Waals surface area contributed by atoms with E-state index in [2.05, 4.69) is 53.0 Å². The van der Waals surface area contributed by atoms with Crippen molar-refractivity contribution in [1.29, 1.82) is 0 Å². The first-order chi connectivity index (χ1) is 35.5. The summed E-state index contributed by atoms with van der Waals surface area (Å²) in [5.74, 6) is -5.08. The quantitative estimate of drug-likeness (QED) is 0.0279. The van der Waals surface area contributed by atoms with Crippen molar-refractivity contribution in [3.05, 3.63) is 46.0 Å². The predicted molar refractivity (Wildman–Crippen MR) is 245 cm³/mol. The maximum absolute atomic E-state index is 15.4. The fourth-order valence-corrected chi connectivity index (χ4v) is 13.2. The number of anilines is 3. The van der Waals surface area contributed by atoms with Gasteiger partial charge in [-0.05, 0) is 11.8 Å². The Hall–Kier alpha value is -4.83. The molecule has 44 heteroatoms. The number of halogens is 2. The van der Waals surface area contributed by atoms with Gasteiger partial charge in [0.15, 0.2) is 41.2 Å². The summed E-state index contributed by atoms with van der Waals surface area (Å²) in [5.41, 5.74) is 14.8. The Morgan fingerprint density at radius 1 is 0.737 bits per heavy atom. The van der Waals surface area contributed by atoms with Crippen molar-refractivity contribution in [3.63, 3.8) is 0 Å². The molecule has 0 aliphatic carbocycles. The normalized spacial score (nSPS) is 30.0. The average Bonchev–Trinajstić information content (AvgIpc) is 4.16. The third-order valence-electron chi connectivity index (χ3n) is 11.6. The minimum Gasteiger partial charge on any atom is -0.387 e. The molecule has 0 bridgehead atoms. The van der Waals surface area contributed by atoms with Crippen molar-refractivity contribution in [2.24, 2.45) is 7.05 Å². The fourth-order valence-electron chi connectivity index (χ4n) is 8.28. The molecule has 3 fully saturated rings. The van der Waals surface area contributed by atoms with E-state index in [9.17, 15) is 58.2 Å². The lowest BCUT2D eigenvalue weighted by Crippen LogP contribution is -2.39. The Balaban J connectivity index is 0.867. The summed E-state index contributed by atoms with van der Waals surface area (Å²) >= 11 is 5.26. The topological polar surface area (TPSA) is 525 Å². The summed E-state index contributed by atoms with van der Waals surface area (Å²) in [4.78, 5) is 95.7. The van der Waals surface area contributed by atoms with E-state index in [1.165, 1.54) is 17.9 Å². The summed E-state index contributed by atoms with van der Waals surface area (Å²) in [6.07, 6.45) is -15.9. The monoisotopic (exact) mass is 1180 g/mol. The highest BCUT2D eigenvalue weighted by Gasteiger charge is 2.63. The summed E-state index contributed by atoms with van der Waals surface area (Å²) < 4.78 is 126. The Labute approximate surface area is 424 Å². The molecule has 0 saturated carbocycles. The molecular weight excluding hydrogens is 1140 g/mol. The molecular formula is C32H42F2N15O22P4S+. The highest BCUT2D eigenvalue weighted by Crippen LogP contribution is 2.68. The number of H-pyrrole nitrogens is 2. The second kappa shape index (κ2) is 20.4. The lowest BCUT2D eigenvalue weighted by atomic mass is 10.1. The van der Waals surface area contributed by atoms with Crippen LogP contribution < -0.4 is 32.9 Å². The lowest BCUT2D eigenvalue weighted by molar-refractivity contribution is -0.646. The zero-order chi connectivity index (χ0) is 55.2. The molecule has 3 aliphatic heterocycles. The molecule has 9 rings (SSSR count). The van der Waals surface area contributed by atoms with Crippen LogP contribution in [0.1, 0.15) is 18.7 Å². The number of aromatic amines is 2. The molecule has 9 heterocycles. The van der Waals surface area contributed by atoms with Crippen molar-refractivity contribution in [2.75, 3.05) is 44.1 Å². The number of fused-ring (bicyclic) bond motifs is 3. The molecule has 0 radical (unpaired) electrons. The highest BCUT2D eigenvalue weighted by atomic mass is 32.5. The number of ether oxygens (including phenoxy) is 4. The summed E-state index contributed by atoms with van der Waals surface area (Å²) in [6.45, 7) is -8.14. The minimum absolute atomic E-state index is 0.0327. The number of aromatic nitrogens is 12. The number of aliphatic hydroxyl groups is 3. The number of alkyl halides is 2. The molecule has 3 saturated heterocycles. The number of hydrogen-bond acceptors (Lipinski definition) is 28. The van der Waals surface area contributed by atoms with Gasteiger partial charge in [-0.25, -0.2) is 38.2 Å². The number of methoxy groups -OCH3 is 1. The van der Waals surface area contributed by atoms with Crippen LogP contribution in [-0.4, -0.2) is 170 Å². The van der Waals surface area contributed by atoms with Crippen LogP contribution in [0.4, 0.5) is 26.5 Å².